The van der Waals surface area contributed by atoms with Crippen molar-refractivity contribution in [3.8, 4) is 0 Å². The number of nitrogens with one attached hydrogen (secondary N) is 1. The molecule has 1 saturated heterocycles. The number of rotatable bonds is 3. The van der Waals surface area contributed by atoms with Crippen molar-refractivity contribution >= 4 is 23.6 Å². The minimum absolute atomic E-state index is 0.0115. The largest absolute Gasteiger partial charge is 0.480 e. The van der Waals surface area contributed by atoms with Gasteiger partial charge in [0.1, 0.15) is 6.04 Å². The van der Waals surface area contributed by atoms with Crippen LogP contribution in [0, 0.1) is 0 Å². The Bertz CT molecular complexity index is 321. The first kappa shape index (κ1) is 12.8. The number of aliphatic hydroxyl groups is 1. The second-order valence-electron chi connectivity index (χ2n) is 3.57. The van der Waals surface area contributed by atoms with Crippen LogP contribution in [0.5, 0.6) is 0 Å². The second kappa shape index (κ2) is 5.18. The third-order valence-corrected chi connectivity index (χ3v) is 2.39. The lowest BCUT2D eigenvalue weighted by molar-refractivity contribution is -0.141. The molecule has 0 aromatic carbocycles. The van der Waals surface area contributed by atoms with Gasteiger partial charge in [-0.15, -0.1) is 0 Å². The van der Waals surface area contributed by atoms with Crippen LogP contribution >= 0.6 is 11.6 Å². The van der Waals surface area contributed by atoms with Gasteiger partial charge in [-0.1, -0.05) is 18.2 Å². The molecule has 16 heavy (non-hydrogen) atoms. The van der Waals surface area contributed by atoms with Crippen LogP contribution in [0.2, 0.25) is 0 Å². The van der Waals surface area contributed by atoms with Crippen molar-refractivity contribution in [1.29, 1.82) is 0 Å². The minimum Gasteiger partial charge on any atom is -0.480 e. The van der Waals surface area contributed by atoms with Crippen LogP contribution in [0.1, 0.15) is 6.42 Å². The molecule has 1 aliphatic heterocycles. The quantitative estimate of drug-likeness (QED) is 0.654. The highest BCUT2D eigenvalue weighted by Gasteiger charge is 2.38. The Balaban J connectivity index is 2.59. The van der Waals surface area contributed by atoms with Crippen LogP contribution in [0.4, 0.5) is 4.79 Å². The zero-order chi connectivity index (χ0) is 12.3. The number of β-amino-alcohol motifs (C(OH)–C–C–N with tert-alkyl or cyclic N) is 1. The van der Waals surface area contributed by atoms with Gasteiger partial charge < -0.3 is 20.4 Å². The summed E-state index contributed by atoms with van der Waals surface area (Å²) >= 11 is 5.46. The van der Waals surface area contributed by atoms with Crippen LogP contribution in [0.3, 0.4) is 0 Å². The number of amides is 2. The Hall–Kier alpha value is -1.27. The van der Waals surface area contributed by atoms with E-state index in [2.05, 4.69) is 11.9 Å². The van der Waals surface area contributed by atoms with Gasteiger partial charge in [0.15, 0.2) is 0 Å². The van der Waals surface area contributed by atoms with Crippen LogP contribution in [-0.4, -0.2) is 52.3 Å². The molecule has 3 N–H and O–H groups in total. The summed E-state index contributed by atoms with van der Waals surface area (Å²) in [5.74, 6) is -1.13. The molecule has 2 atom stereocenters. The first-order valence-corrected chi connectivity index (χ1v) is 5.08. The Morgan fingerprint density at radius 2 is 2.19 bits per heavy atom. The van der Waals surface area contributed by atoms with Gasteiger partial charge >= 0.3 is 12.0 Å². The van der Waals surface area contributed by atoms with Gasteiger partial charge in [-0.05, 0) is 0 Å². The lowest BCUT2D eigenvalue weighted by Crippen LogP contribution is -2.46. The maximum absolute atomic E-state index is 11.6. The van der Waals surface area contributed by atoms with E-state index in [1.165, 1.54) is 0 Å². The zero-order valence-corrected chi connectivity index (χ0v) is 9.28. The summed E-state index contributed by atoms with van der Waals surface area (Å²) in [5, 5.41) is 20.8. The fourth-order valence-electron chi connectivity index (χ4n) is 1.55. The number of aliphatic hydroxyl groups excluding tert-OH is 1. The highest BCUT2D eigenvalue weighted by molar-refractivity contribution is 6.29. The molecule has 0 radical (unpaired) electrons. The van der Waals surface area contributed by atoms with E-state index in [4.69, 9.17) is 16.7 Å². The van der Waals surface area contributed by atoms with E-state index in [0.29, 0.717) is 0 Å². The topological polar surface area (TPSA) is 89.9 Å². The summed E-state index contributed by atoms with van der Waals surface area (Å²) in [6.45, 7) is 3.47. The molecule has 2 amide bonds. The number of halogens is 1. The third kappa shape index (κ3) is 3.11. The lowest BCUT2D eigenvalue weighted by Gasteiger charge is -2.21. The van der Waals surface area contributed by atoms with Crippen molar-refractivity contribution in [2.24, 2.45) is 0 Å². The SMILES string of the molecule is C=C(Cl)CNC(=O)N1C[C@@H](O)C[C@H]1C(=O)O. The fourth-order valence-corrected chi connectivity index (χ4v) is 1.61. The number of carbonyl (C=O) groups excluding carboxylic acids is 1. The van der Waals surface area contributed by atoms with E-state index in [9.17, 15) is 14.7 Å². The molecule has 1 rings (SSSR count). The average Bonchev–Trinajstić information content (AvgIpc) is 2.56. The fraction of sp³-hybridized carbons (Fsp3) is 0.556. The number of urea groups is 1. The molecule has 0 spiro atoms. The molecular formula is C9H13ClN2O4. The second-order valence-corrected chi connectivity index (χ2v) is 4.11. The summed E-state index contributed by atoms with van der Waals surface area (Å²) < 4.78 is 0. The van der Waals surface area contributed by atoms with Crippen molar-refractivity contribution in [1.82, 2.24) is 10.2 Å². The summed E-state index contributed by atoms with van der Waals surface area (Å²) in [7, 11) is 0. The van der Waals surface area contributed by atoms with Crippen LogP contribution < -0.4 is 5.32 Å². The van der Waals surface area contributed by atoms with Crippen LogP contribution in [-0.2, 0) is 4.79 Å². The lowest BCUT2D eigenvalue weighted by atomic mass is 10.2. The van der Waals surface area contributed by atoms with Crippen molar-refractivity contribution in [3.05, 3.63) is 11.6 Å². The van der Waals surface area contributed by atoms with Crippen molar-refractivity contribution < 1.29 is 19.8 Å². The minimum atomic E-state index is -1.13. The zero-order valence-electron chi connectivity index (χ0n) is 8.52. The molecular weight excluding hydrogens is 236 g/mol. The normalized spacial score (nSPS) is 24.2. The Morgan fingerprint density at radius 1 is 1.56 bits per heavy atom. The average molecular weight is 249 g/mol. The Morgan fingerprint density at radius 3 is 2.69 bits per heavy atom. The van der Waals surface area contributed by atoms with Gasteiger partial charge in [0.25, 0.3) is 0 Å². The number of carbonyl (C=O) groups is 2. The molecule has 0 unspecified atom stereocenters. The smallest absolute Gasteiger partial charge is 0.326 e. The van der Waals surface area contributed by atoms with Crippen LogP contribution in [0.25, 0.3) is 0 Å². The first-order valence-electron chi connectivity index (χ1n) is 4.70. The standard InChI is InChI=1S/C9H13ClN2O4/c1-5(10)3-11-9(16)12-4-6(13)2-7(12)8(14)15/h6-7,13H,1-4H2,(H,11,16)(H,14,15)/t6-,7-/m0/s1. The Kier molecular flexibility index (Phi) is 4.14. The van der Waals surface area contributed by atoms with E-state index in [0.717, 1.165) is 4.90 Å². The maximum atomic E-state index is 11.6. The van der Waals surface area contributed by atoms with Gasteiger partial charge in [0, 0.05) is 18.0 Å². The summed E-state index contributed by atoms with van der Waals surface area (Å²) in [5.41, 5.74) is 0. The molecule has 1 aliphatic rings. The molecule has 0 bridgehead atoms. The number of aliphatic carboxylic acids is 1. The van der Waals surface area contributed by atoms with E-state index < -0.39 is 24.1 Å². The first-order chi connectivity index (χ1) is 7.41. The summed E-state index contributed by atoms with van der Waals surface area (Å²) in [4.78, 5) is 23.5. The molecule has 0 aromatic heterocycles. The molecule has 0 aliphatic carbocycles. The molecule has 7 heteroatoms. The maximum Gasteiger partial charge on any atom is 0.326 e. The molecule has 6 nitrogen and oxygen atoms in total. The number of nitrogens with zero attached hydrogens (tertiary/aromatic N) is 1. The van der Waals surface area contributed by atoms with Gasteiger partial charge in [0.2, 0.25) is 0 Å². The molecule has 0 aromatic rings. The number of carboxylic acids is 1. The monoisotopic (exact) mass is 248 g/mol. The van der Waals surface area contributed by atoms with E-state index in [1.807, 2.05) is 0 Å². The third-order valence-electron chi connectivity index (χ3n) is 2.26. The number of likely N-dealkylation sites (tertiary alicyclic amines) is 1. The molecule has 90 valence electrons. The van der Waals surface area contributed by atoms with Crippen LogP contribution in [0.15, 0.2) is 11.6 Å². The van der Waals surface area contributed by atoms with Gasteiger partial charge in [-0.2, -0.15) is 0 Å². The predicted molar refractivity (Wildman–Crippen MR) is 57.1 cm³/mol. The van der Waals surface area contributed by atoms with Gasteiger partial charge in [0.05, 0.1) is 12.6 Å². The van der Waals surface area contributed by atoms with Crippen molar-refractivity contribution in [2.45, 2.75) is 18.6 Å². The van der Waals surface area contributed by atoms with E-state index in [1.54, 1.807) is 0 Å². The number of carboxylic acid groups (broad SMARTS) is 1. The predicted octanol–water partition coefficient (Wildman–Crippen LogP) is -0.0317. The van der Waals surface area contributed by atoms with E-state index >= 15 is 0 Å². The summed E-state index contributed by atoms with van der Waals surface area (Å²) in [6.07, 6.45) is -0.754. The Labute approximate surface area is 97.5 Å². The van der Waals surface area contributed by atoms with Gasteiger partial charge in [-0.25, -0.2) is 9.59 Å². The summed E-state index contributed by atoms with van der Waals surface area (Å²) in [6, 6.07) is -1.55. The number of hydrogen-bond acceptors (Lipinski definition) is 3. The number of hydrogen-bond donors (Lipinski definition) is 3. The molecule has 0 saturated carbocycles. The van der Waals surface area contributed by atoms with Crippen molar-refractivity contribution in [2.75, 3.05) is 13.1 Å². The van der Waals surface area contributed by atoms with Gasteiger partial charge in [-0.3, -0.25) is 0 Å². The van der Waals surface area contributed by atoms with E-state index in [-0.39, 0.29) is 24.5 Å². The molecule has 1 fully saturated rings. The molecule has 1 heterocycles. The highest BCUT2D eigenvalue weighted by Crippen LogP contribution is 2.18. The highest BCUT2D eigenvalue weighted by atomic mass is 35.5. The van der Waals surface area contributed by atoms with Crippen molar-refractivity contribution in [3.63, 3.8) is 0 Å².